The van der Waals surface area contributed by atoms with Crippen LogP contribution in [0.1, 0.15) is 52.8 Å². The molecule has 0 saturated heterocycles. The highest BCUT2D eigenvalue weighted by Gasteiger charge is 2.24. The number of benzene rings is 1. The van der Waals surface area contributed by atoms with Gasteiger partial charge in [-0.1, -0.05) is 52.3 Å². The Bertz CT molecular complexity index is 1010. The van der Waals surface area contributed by atoms with Gasteiger partial charge in [0, 0.05) is 17.2 Å². The molecule has 3 rings (SSSR count). The van der Waals surface area contributed by atoms with E-state index in [9.17, 15) is 4.79 Å². The molecular weight excluding hydrogens is 366 g/mol. The number of hydrogen-bond donors (Lipinski definition) is 2. The maximum atomic E-state index is 12.3. The Morgan fingerprint density at radius 2 is 2.00 bits per heavy atom. The third-order valence-electron chi connectivity index (χ3n) is 5.41. The van der Waals surface area contributed by atoms with E-state index in [1.807, 2.05) is 45.0 Å². The van der Waals surface area contributed by atoms with E-state index in [0.717, 1.165) is 47.9 Å². The van der Waals surface area contributed by atoms with Gasteiger partial charge in [0.05, 0.1) is 12.1 Å². The van der Waals surface area contributed by atoms with Crippen molar-refractivity contribution in [2.45, 2.75) is 53.4 Å². The van der Waals surface area contributed by atoms with Gasteiger partial charge in [0.2, 0.25) is 5.91 Å². The van der Waals surface area contributed by atoms with Crippen molar-refractivity contribution in [1.82, 2.24) is 20.0 Å². The molecule has 1 aromatic carbocycles. The first-order valence-electron chi connectivity index (χ1n) is 10.4. The van der Waals surface area contributed by atoms with Crippen molar-refractivity contribution >= 4 is 33.7 Å². The Kier molecular flexibility index (Phi) is 6.25. The lowest BCUT2D eigenvalue weighted by molar-refractivity contribution is -0.129. The molecule has 0 aliphatic rings. The van der Waals surface area contributed by atoms with Crippen LogP contribution in [0.3, 0.4) is 0 Å². The summed E-state index contributed by atoms with van der Waals surface area (Å²) in [4.78, 5) is 27.6. The van der Waals surface area contributed by atoms with Gasteiger partial charge in [-0.15, -0.1) is 0 Å². The Morgan fingerprint density at radius 1 is 1.24 bits per heavy atom. The summed E-state index contributed by atoms with van der Waals surface area (Å²) < 4.78 is 1.78. The summed E-state index contributed by atoms with van der Waals surface area (Å²) in [6, 6.07) is 7.84. The van der Waals surface area contributed by atoms with Crippen molar-refractivity contribution in [1.29, 1.82) is 0 Å². The van der Waals surface area contributed by atoms with Crippen molar-refractivity contribution in [3.8, 4) is 0 Å². The maximum Gasteiger partial charge on any atom is 0.225 e. The zero-order valence-corrected chi connectivity index (χ0v) is 17.8. The number of pyridine rings is 1. The Balaban J connectivity index is 1.89. The second-order valence-corrected chi connectivity index (χ2v) is 7.96. The molecule has 0 unspecified atom stereocenters. The molecule has 0 bridgehead atoms. The van der Waals surface area contributed by atoms with Gasteiger partial charge in [0.1, 0.15) is 23.5 Å². The summed E-state index contributed by atoms with van der Waals surface area (Å²) in [5.41, 5.74) is 8.11. The van der Waals surface area contributed by atoms with Crippen LogP contribution in [0.4, 0.5) is 5.82 Å². The van der Waals surface area contributed by atoms with Crippen LogP contribution < -0.4 is 15.9 Å². The van der Waals surface area contributed by atoms with Gasteiger partial charge in [-0.3, -0.25) is 4.79 Å². The molecule has 7 nitrogen and oxygen atoms in total. The second kappa shape index (κ2) is 8.68. The number of unbranched alkanes of at least 4 members (excludes halogenated alkanes) is 1. The summed E-state index contributed by atoms with van der Waals surface area (Å²) in [7, 11) is 0. The number of aryl methyl sites for hydroxylation is 1. The highest BCUT2D eigenvalue weighted by molar-refractivity contribution is 6.06. The molecule has 0 spiro atoms. The number of fused-ring (bicyclic) bond motifs is 3. The quantitative estimate of drug-likeness (QED) is 0.539. The molecule has 3 N–H and O–H groups in total. The molecule has 3 aromatic rings. The number of para-hydroxylation sites is 1. The van der Waals surface area contributed by atoms with Gasteiger partial charge in [-0.05, 0) is 18.9 Å². The topological polar surface area (TPSA) is 95.1 Å². The fraction of sp³-hybridized carbons (Fsp3) is 0.500. The molecule has 0 aliphatic carbocycles. The number of carbonyl (C=O) groups is 1. The fourth-order valence-corrected chi connectivity index (χ4v) is 3.16. The summed E-state index contributed by atoms with van der Waals surface area (Å²) in [6.07, 6.45) is 3.62. The van der Waals surface area contributed by atoms with Crippen LogP contribution >= 0.6 is 0 Å². The number of nitrogens with one attached hydrogen (secondary N) is 1. The largest absolute Gasteiger partial charge is 0.410 e. The summed E-state index contributed by atoms with van der Waals surface area (Å²) in [6.45, 7) is 8.80. The van der Waals surface area contributed by atoms with E-state index in [2.05, 4.69) is 17.2 Å². The number of amides is 1. The third-order valence-corrected chi connectivity index (χ3v) is 5.41. The number of rotatable bonds is 9. The molecule has 2 heterocycles. The Morgan fingerprint density at radius 3 is 2.72 bits per heavy atom. The van der Waals surface area contributed by atoms with Crippen molar-refractivity contribution in [2.24, 2.45) is 5.41 Å². The average molecular weight is 398 g/mol. The van der Waals surface area contributed by atoms with Crippen LogP contribution in [-0.4, -0.2) is 33.8 Å². The zero-order chi connectivity index (χ0) is 21.0. The maximum absolute atomic E-state index is 12.3. The standard InChI is InChI=1S/C22H31N5O2/c1-5-7-12-17-26-18-19(15-10-8-9-11-16(15)25-20(18)23)27(17)29-14-13-24-21(28)22(3,4)6-2/h8-11H,5-7,12-14H2,1-4H3,(H2,23,25)(H,24,28). The van der Waals surface area contributed by atoms with Gasteiger partial charge >= 0.3 is 0 Å². The minimum absolute atomic E-state index is 0.0317. The average Bonchev–Trinajstić information content (AvgIpc) is 3.08. The lowest BCUT2D eigenvalue weighted by Crippen LogP contribution is -2.39. The van der Waals surface area contributed by atoms with Crippen LogP contribution in [0.15, 0.2) is 24.3 Å². The number of hydrogen-bond acceptors (Lipinski definition) is 5. The van der Waals surface area contributed by atoms with E-state index < -0.39 is 0 Å². The molecule has 1 amide bonds. The first-order valence-corrected chi connectivity index (χ1v) is 10.4. The number of anilines is 1. The van der Waals surface area contributed by atoms with Crippen LogP contribution in [-0.2, 0) is 11.2 Å². The number of imidazole rings is 1. The van der Waals surface area contributed by atoms with Gasteiger partial charge in [0.15, 0.2) is 5.82 Å². The summed E-state index contributed by atoms with van der Waals surface area (Å²) in [5, 5.41) is 3.91. The molecule has 2 aromatic heterocycles. The highest BCUT2D eigenvalue weighted by Crippen LogP contribution is 2.28. The minimum Gasteiger partial charge on any atom is -0.410 e. The number of nitrogen functional groups attached to an aromatic ring is 1. The van der Waals surface area contributed by atoms with Crippen LogP contribution in [0.25, 0.3) is 21.9 Å². The normalized spacial score (nSPS) is 11.9. The first-order chi connectivity index (χ1) is 13.9. The smallest absolute Gasteiger partial charge is 0.225 e. The second-order valence-electron chi connectivity index (χ2n) is 7.96. The predicted octanol–water partition coefficient (Wildman–Crippen LogP) is 3.49. The van der Waals surface area contributed by atoms with Crippen molar-refractivity contribution in [2.75, 3.05) is 18.9 Å². The van der Waals surface area contributed by atoms with E-state index in [4.69, 9.17) is 15.6 Å². The van der Waals surface area contributed by atoms with Crippen molar-refractivity contribution in [3.63, 3.8) is 0 Å². The zero-order valence-electron chi connectivity index (χ0n) is 17.8. The summed E-state index contributed by atoms with van der Waals surface area (Å²) >= 11 is 0. The summed E-state index contributed by atoms with van der Waals surface area (Å²) in [5.74, 6) is 1.26. The Hall–Kier alpha value is -2.83. The number of nitrogens with zero attached hydrogens (tertiary/aromatic N) is 3. The minimum atomic E-state index is -0.385. The lowest BCUT2D eigenvalue weighted by atomic mass is 9.89. The van der Waals surface area contributed by atoms with Gasteiger partial charge < -0.3 is 15.9 Å². The van der Waals surface area contributed by atoms with Crippen LogP contribution in [0.5, 0.6) is 0 Å². The molecule has 0 aliphatic heterocycles. The van der Waals surface area contributed by atoms with Crippen LogP contribution in [0, 0.1) is 5.41 Å². The third kappa shape index (κ3) is 4.28. The molecule has 156 valence electrons. The SMILES string of the molecule is CCCCc1nc2c(N)nc3ccccc3c2n1OCCNC(=O)C(C)(C)CC. The van der Waals surface area contributed by atoms with Crippen LogP contribution in [0.2, 0.25) is 0 Å². The first kappa shape index (κ1) is 20.9. The highest BCUT2D eigenvalue weighted by atomic mass is 16.7. The van der Waals surface area contributed by atoms with E-state index in [1.54, 1.807) is 4.73 Å². The van der Waals surface area contributed by atoms with E-state index in [-0.39, 0.29) is 11.3 Å². The van der Waals surface area contributed by atoms with Crippen molar-refractivity contribution < 1.29 is 9.63 Å². The molecule has 29 heavy (non-hydrogen) atoms. The fourth-order valence-electron chi connectivity index (χ4n) is 3.16. The molecular formula is C22H31N5O2. The van der Waals surface area contributed by atoms with E-state index in [0.29, 0.717) is 24.5 Å². The molecule has 7 heteroatoms. The molecule has 0 atom stereocenters. The number of nitrogens with two attached hydrogens (primary N) is 1. The van der Waals surface area contributed by atoms with E-state index in [1.165, 1.54) is 0 Å². The van der Waals surface area contributed by atoms with Gasteiger partial charge in [-0.2, -0.15) is 4.73 Å². The van der Waals surface area contributed by atoms with Crippen molar-refractivity contribution in [3.05, 3.63) is 30.1 Å². The number of carbonyl (C=O) groups excluding carboxylic acids is 1. The predicted molar refractivity (Wildman–Crippen MR) is 117 cm³/mol. The monoisotopic (exact) mass is 397 g/mol. The van der Waals surface area contributed by atoms with E-state index >= 15 is 0 Å². The Labute approximate surface area is 171 Å². The lowest BCUT2D eigenvalue weighted by Gasteiger charge is -2.21. The molecule has 0 fully saturated rings. The van der Waals surface area contributed by atoms with Gasteiger partial charge in [-0.25, -0.2) is 9.97 Å². The molecule has 0 saturated carbocycles. The van der Waals surface area contributed by atoms with Gasteiger partial charge in [0.25, 0.3) is 0 Å². The molecule has 0 radical (unpaired) electrons. The number of aromatic nitrogens is 3.